The molecule has 0 bridgehead atoms. The molecule has 1 saturated heterocycles. The lowest BCUT2D eigenvalue weighted by Gasteiger charge is -2.37. The molecule has 1 aliphatic rings. The molecule has 2 amide bonds. The summed E-state index contributed by atoms with van der Waals surface area (Å²) in [6, 6.07) is 5.54. The number of anilines is 1. The molecule has 1 aromatic carbocycles. The number of aliphatic hydroxyl groups excluding tert-OH is 1. The van der Waals surface area contributed by atoms with Gasteiger partial charge >= 0.3 is 6.03 Å². The van der Waals surface area contributed by atoms with E-state index in [9.17, 15) is 18.3 Å². The molecule has 0 radical (unpaired) electrons. The zero-order valence-corrected chi connectivity index (χ0v) is 15.8. The summed E-state index contributed by atoms with van der Waals surface area (Å²) in [4.78, 5) is 14.2. The van der Waals surface area contributed by atoms with Crippen LogP contribution in [-0.4, -0.2) is 74.3 Å². The summed E-state index contributed by atoms with van der Waals surface area (Å²) >= 11 is 0. The van der Waals surface area contributed by atoms with Crippen LogP contribution < -0.4 is 5.32 Å². The molecule has 0 spiro atoms. The maximum atomic E-state index is 12.5. The SMILES string of the molecule is C=CCN(C)S(=O)(=O)c1ccc(NC(=O)N2C[C@@H](CO)OC[C@@H]2C)cc1. The molecule has 9 heteroatoms. The summed E-state index contributed by atoms with van der Waals surface area (Å²) in [5.74, 6) is 0. The van der Waals surface area contributed by atoms with E-state index in [-0.39, 0.29) is 30.1 Å². The Hall–Kier alpha value is -1.94. The number of aliphatic hydroxyl groups is 1. The molecule has 1 aromatic rings. The highest BCUT2D eigenvalue weighted by molar-refractivity contribution is 7.89. The Morgan fingerprint density at radius 3 is 2.69 bits per heavy atom. The average Bonchev–Trinajstić information content (AvgIpc) is 2.62. The predicted octanol–water partition coefficient (Wildman–Crippen LogP) is 1.11. The fourth-order valence-electron chi connectivity index (χ4n) is 2.58. The van der Waals surface area contributed by atoms with Gasteiger partial charge in [0.15, 0.2) is 0 Å². The van der Waals surface area contributed by atoms with E-state index in [1.807, 2.05) is 6.92 Å². The van der Waals surface area contributed by atoms with Crippen molar-refractivity contribution in [3.63, 3.8) is 0 Å². The number of carbonyl (C=O) groups excluding carboxylic acids is 1. The smallest absolute Gasteiger partial charge is 0.322 e. The second kappa shape index (κ2) is 8.63. The highest BCUT2D eigenvalue weighted by Crippen LogP contribution is 2.19. The van der Waals surface area contributed by atoms with E-state index >= 15 is 0 Å². The van der Waals surface area contributed by atoms with Gasteiger partial charge in [0.05, 0.1) is 36.8 Å². The van der Waals surface area contributed by atoms with Crippen molar-refractivity contribution in [2.75, 3.05) is 38.7 Å². The number of likely N-dealkylation sites (N-methyl/N-ethyl adjacent to an activating group) is 1. The monoisotopic (exact) mass is 383 g/mol. The fourth-order valence-corrected chi connectivity index (χ4v) is 3.72. The first kappa shape index (κ1) is 20.4. The lowest BCUT2D eigenvalue weighted by molar-refractivity contribution is -0.0611. The number of rotatable bonds is 6. The third kappa shape index (κ3) is 4.61. The fraction of sp³-hybridized carbons (Fsp3) is 0.471. The Morgan fingerprint density at radius 2 is 2.12 bits per heavy atom. The number of sulfonamides is 1. The van der Waals surface area contributed by atoms with Crippen molar-refractivity contribution >= 4 is 21.7 Å². The van der Waals surface area contributed by atoms with Gasteiger partial charge < -0.3 is 20.1 Å². The second-order valence-corrected chi connectivity index (χ2v) is 8.21. The largest absolute Gasteiger partial charge is 0.394 e. The molecule has 144 valence electrons. The lowest BCUT2D eigenvalue weighted by atomic mass is 10.2. The van der Waals surface area contributed by atoms with Gasteiger partial charge in [-0.3, -0.25) is 0 Å². The molecule has 2 N–H and O–H groups in total. The molecule has 1 fully saturated rings. The maximum absolute atomic E-state index is 12.5. The van der Waals surface area contributed by atoms with E-state index in [2.05, 4.69) is 11.9 Å². The summed E-state index contributed by atoms with van der Waals surface area (Å²) in [6.45, 7) is 6.10. The van der Waals surface area contributed by atoms with Gasteiger partial charge in [-0.1, -0.05) is 6.08 Å². The summed E-state index contributed by atoms with van der Waals surface area (Å²) in [5.41, 5.74) is 0.486. The first-order valence-electron chi connectivity index (χ1n) is 8.27. The lowest BCUT2D eigenvalue weighted by Crippen LogP contribution is -2.53. The number of ether oxygens (including phenoxy) is 1. The van der Waals surface area contributed by atoms with Crippen molar-refractivity contribution in [1.29, 1.82) is 0 Å². The summed E-state index contributed by atoms with van der Waals surface area (Å²) in [5, 5.41) is 12.0. The topological polar surface area (TPSA) is 99.2 Å². The Morgan fingerprint density at radius 1 is 1.46 bits per heavy atom. The van der Waals surface area contributed by atoms with Crippen LogP contribution in [0.4, 0.5) is 10.5 Å². The summed E-state index contributed by atoms with van der Waals surface area (Å²) in [7, 11) is -2.12. The Bertz CT molecular complexity index is 735. The van der Waals surface area contributed by atoms with Crippen LogP contribution in [0.15, 0.2) is 41.8 Å². The standard InChI is InChI=1S/C17H25N3O5S/c1-4-9-19(3)26(23,24)16-7-5-14(6-8-16)18-17(22)20-10-15(11-21)25-12-13(20)2/h4-8,13,15,21H,1,9-12H2,2-3H3,(H,18,22)/t13-,15-/m0/s1. The number of hydrogen-bond acceptors (Lipinski definition) is 5. The van der Waals surface area contributed by atoms with Crippen LogP contribution in [0.2, 0.25) is 0 Å². The molecular formula is C17H25N3O5S. The summed E-state index contributed by atoms with van der Waals surface area (Å²) in [6.07, 6.45) is 1.11. The van der Waals surface area contributed by atoms with Crippen molar-refractivity contribution in [3.8, 4) is 0 Å². The average molecular weight is 383 g/mol. The minimum Gasteiger partial charge on any atom is -0.394 e. The van der Waals surface area contributed by atoms with Crippen LogP contribution in [0.5, 0.6) is 0 Å². The molecule has 26 heavy (non-hydrogen) atoms. The molecule has 2 rings (SSSR count). The number of benzene rings is 1. The highest BCUT2D eigenvalue weighted by atomic mass is 32.2. The van der Waals surface area contributed by atoms with Crippen molar-refractivity contribution < 1.29 is 23.1 Å². The number of carbonyl (C=O) groups is 1. The van der Waals surface area contributed by atoms with Gasteiger partial charge in [0.1, 0.15) is 0 Å². The van der Waals surface area contributed by atoms with E-state index in [0.29, 0.717) is 18.8 Å². The van der Waals surface area contributed by atoms with E-state index in [1.165, 1.54) is 29.6 Å². The molecule has 0 unspecified atom stereocenters. The van der Waals surface area contributed by atoms with Crippen LogP contribution in [0.1, 0.15) is 6.92 Å². The molecular weight excluding hydrogens is 358 g/mol. The first-order valence-corrected chi connectivity index (χ1v) is 9.71. The molecule has 8 nitrogen and oxygen atoms in total. The van der Waals surface area contributed by atoms with Gasteiger partial charge in [-0.2, -0.15) is 4.31 Å². The number of amides is 2. The molecule has 1 heterocycles. The van der Waals surface area contributed by atoms with Crippen LogP contribution in [0.3, 0.4) is 0 Å². The second-order valence-electron chi connectivity index (χ2n) is 6.17. The van der Waals surface area contributed by atoms with Crippen LogP contribution in [-0.2, 0) is 14.8 Å². The minimum atomic E-state index is -3.59. The highest BCUT2D eigenvalue weighted by Gasteiger charge is 2.29. The van der Waals surface area contributed by atoms with Crippen molar-refractivity contribution in [2.45, 2.75) is 24.0 Å². The Balaban J connectivity index is 2.07. The quantitative estimate of drug-likeness (QED) is 0.717. The van der Waals surface area contributed by atoms with E-state index in [1.54, 1.807) is 17.0 Å². The molecule has 0 aromatic heterocycles. The van der Waals surface area contributed by atoms with Gasteiger partial charge in [0.25, 0.3) is 0 Å². The molecule has 1 aliphatic heterocycles. The van der Waals surface area contributed by atoms with Crippen LogP contribution in [0, 0.1) is 0 Å². The van der Waals surface area contributed by atoms with Crippen molar-refractivity contribution in [3.05, 3.63) is 36.9 Å². The number of morpholine rings is 1. The maximum Gasteiger partial charge on any atom is 0.322 e. The Kier molecular flexibility index (Phi) is 6.76. The number of nitrogens with zero attached hydrogens (tertiary/aromatic N) is 2. The zero-order valence-electron chi connectivity index (χ0n) is 15.0. The van der Waals surface area contributed by atoms with Gasteiger partial charge in [0.2, 0.25) is 10.0 Å². The van der Waals surface area contributed by atoms with Gasteiger partial charge in [-0.05, 0) is 31.2 Å². The number of nitrogens with one attached hydrogen (secondary N) is 1. The molecule has 0 saturated carbocycles. The normalized spacial score (nSPS) is 20.8. The molecule has 2 atom stereocenters. The third-order valence-corrected chi connectivity index (χ3v) is 6.01. The zero-order chi connectivity index (χ0) is 19.3. The van der Waals surface area contributed by atoms with Crippen LogP contribution >= 0.6 is 0 Å². The van der Waals surface area contributed by atoms with Gasteiger partial charge in [-0.25, -0.2) is 13.2 Å². The molecule has 0 aliphatic carbocycles. The Labute approximate surface area is 154 Å². The van der Waals surface area contributed by atoms with Crippen molar-refractivity contribution in [2.24, 2.45) is 0 Å². The van der Waals surface area contributed by atoms with Gasteiger partial charge in [-0.15, -0.1) is 6.58 Å². The third-order valence-electron chi connectivity index (χ3n) is 4.17. The predicted molar refractivity (Wildman–Crippen MR) is 98.5 cm³/mol. The van der Waals surface area contributed by atoms with Crippen LogP contribution in [0.25, 0.3) is 0 Å². The summed E-state index contributed by atoms with van der Waals surface area (Å²) < 4.78 is 31.3. The van der Waals surface area contributed by atoms with E-state index < -0.39 is 16.1 Å². The minimum absolute atomic E-state index is 0.120. The van der Waals surface area contributed by atoms with E-state index in [4.69, 9.17) is 4.74 Å². The number of hydrogen-bond donors (Lipinski definition) is 2. The van der Waals surface area contributed by atoms with Gasteiger partial charge in [0, 0.05) is 19.3 Å². The van der Waals surface area contributed by atoms with Crippen molar-refractivity contribution in [1.82, 2.24) is 9.21 Å². The first-order chi connectivity index (χ1) is 12.3. The van der Waals surface area contributed by atoms with E-state index in [0.717, 1.165) is 0 Å². The number of urea groups is 1.